The fourth-order valence-electron chi connectivity index (χ4n) is 1.37. The summed E-state index contributed by atoms with van der Waals surface area (Å²) >= 11 is 0. The molecule has 2 heteroatoms. The molecule has 0 aliphatic carbocycles. The second kappa shape index (κ2) is 8.35. The smallest absolute Gasteiger partial charge is 0.0540 e. The molecule has 0 amide bonds. The standard InChI is InChI=1S/C9H20O.ClH/c1-4-6-9(7-5-2)8(3)10;/h8-10H,4-7H2,1-3H3;1H. The van der Waals surface area contributed by atoms with Crippen molar-refractivity contribution in [2.24, 2.45) is 5.92 Å². The Labute approximate surface area is 76.6 Å². The normalized spacial score (nSPS) is 12.8. The first-order chi connectivity index (χ1) is 4.72. The Kier molecular flexibility index (Phi) is 10.5. The van der Waals surface area contributed by atoms with Gasteiger partial charge in [-0.2, -0.15) is 0 Å². The van der Waals surface area contributed by atoms with Crippen molar-refractivity contribution in [3.8, 4) is 0 Å². The number of hydrogen-bond donors (Lipinski definition) is 1. The third kappa shape index (κ3) is 6.64. The molecule has 0 saturated carbocycles. The van der Waals surface area contributed by atoms with E-state index in [1.54, 1.807) is 0 Å². The van der Waals surface area contributed by atoms with Crippen molar-refractivity contribution in [1.29, 1.82) is 0 Å². The van der Waals surface area contributed by atoms with E-state index in [1.807, 2.05) is 6.92 Å². The molecule has 0 aliphatic heterocycles. The molecule has 1 atom stereocenters. The van der Waals surface area contributed by atoms with Crippen LogP contribution in [0, 0.1) is 5.92 Å². The number of aliphatic hydroxyl groups excluding tert-OH is 1. The van der Waals surface area contributed by atoms with E-state index in [2.05, 4.69) is 13.8 Å². The van der Waals surface area contributed by atoms with Crippen LogP contribution in [0.1, 0.15) is 46.5 Å². The minimum atomic E-state index is -0.111. The fraction of sp³-hybridized carbons (Fsp3) is 1.00. The van der Waals surface area contributed by atoms with Gasteiger partial charge in [-0.1, -0.05) is 26.7 Å². The molecule has 0 aromatic carbocycles. The Morgan fingerprint density at radius 3 is 1.64 bits per heavy atom. The number of hydrogen-bond acceptors (Lipinski definition) is 1. The summed E-state index contributed by atoms with van der Waals surface area (Å²) in [5.41, 5.74) is 0. The molecule has 0 aliphatic rings. The zero-order valence-corrected chi connectivity index (χ0v) is 8.66. The van der Waals surface area contributed by atoms with E-state index >= 15 is 0 Å². The lowest BCUT2D eigenvalue weighted by molar-refractivity contribution is 0.113. The van der Waals surface area contributed by atoms with Gasteiger partial charge in [0.05, 0.1) is 6.10 Å². The van der Waals surface area contributed by atoms with E-state index in [0.29, 0.717) is 5.92 Å². The van der Waals surface area contributed by atoms with Crippen LogP contribution in [-0.2, 0) is 0 Å². The van der Waals surface area contributed by atoms with E-state index in [4.69, 9.17) is 0 Å². The summed E-state index contributed by atoms with van der Waals surface area (Å²) in [4.78, 5) is 0. The van der Waals surface area contributed by atoms with Crippen molar-refractivity contribution in [2.45, 2.75) is 52.6 Å². The molecule has 1 N–H and O–H groups in total. The van der Waals surface area contributed by atoms with Gasteiger partial charge in [-0.25, -0.2) is 0 Å². The van der Waals surface area contributed by atoms with E-state index in [9.17, 15) is 5.11 Å². The van der Waals surface area contributed by atoms with Crippen molar-refractivity contribution in [3.63, 3.8) is 0 Å². The van der Waals surface area contributed by atoms with Crippen LogP contribution in [-0.4, -0.2) is 11.2 Å². The van der Waals surface area contributed by atoms with Gasteiger partial charge in [0.1, 0.15) is 0 Å². The topological polar surface area (TPSA) is 20.2 Å². The molecule has 0 aromatic rings. The quantitative estimate of drug-likeness (QED) is 0.690. The lowest BCUT2D eigenvalue weighted by Gasteiger charge is -2.17. The van der Waals surface area contributed by atoms with Crippen LogP contribution in [0.25, 0.3) is 0 Å². The van der Waals surface area contributed by atoms with E-state index < -0.39 is 0 Å². The largest absolute Gasteiger partial charge is 0.393 e. The second-order valence-corrected chi connectivity index (χ2v) is 3.08. The molecule has 0 saturated heterocycles. The summed E-state index contributed by atoms with van der Waals surface area (Å²) in [5, 5.41) is 9.27. The van der Waals surface area contributed by atoms with Gasteiger partial charge in [-0.15, -0.1) is 12.4 Å². The number of aliphatic hydroxyl groups is 1. The third-order valence-electron chi connectivity index (χ3n) is 2.00. The molecule has 0 bridgehead atoms. The van der Waals surface area contributed by atoms with Crippen LogP contribution >= 0.6 is 12.4 Å². The van der Waals surface area contributed by atoms with Crippen LogP contribution < -0.4 is 0 Å². The number of rotatable bonds is 5. The highest BCUT2D eigenvalue weighted by atomic mass is 35.5. The first-order valence-electron chi connectivity index (χ1n) is 4.40. The summed E-state index contributed by atoms with van der Waals surface area (Å²) in [7, 11) is 0. The van der Waals surface area contributed by atoms with Crippen LogP contribution in [0.3, 0.4) is 0 Å². The number of halogens is 1. The van der Waals surface area contributed by atoms with Crippen molar-refractivity contribution in [3.05, 3.63) is 0 Å². The van der Waals surface area contributed by atoms with E-state index in [0.717, 1.165) is 0 Å². The third-order valence-corrected chi connectivity index (χ3v) is 2.00. The minimum absolute atomic E-state index is 0. The molecule has 0 aromatic heterocycles. The average Bonchev–Trinajstić information content (AvgIpc) is 1.87. The van der Waals surface area contributed by atoms with E-state index in [-0.39, 0.29) is 18.5 Å². The first-order valence-corrected chi connectivity index (χ1v) is 4.40. The maximum Gasteiger partial charge on any atom is 0.0540 e. The first kappa shape index (κ1) is 13.8. The Hall–Kier alpha value is 0.250. The highest BCUT2D eigenvalue weighted by Crippen LogP contribution is 2.16. The van der Waals surface area contributed by atoms with Gasteiger partial charge in [0.2, 0.25) is 0 Å². The molecular weight excluding hydrogens is 160 g/mol. The van der Waals surface area contributed by atoms with Crippen molar-refractivity contribution in [1.82, 2.24) is 0 Å². The maximum absolute atomic E-state index is 9.27. The molecule has 0 spiro atoms. The molecule has 0 fully saturated rings. The van der Waals surface area contributed by atoms with Crippen molar-refractivity contribution < 1.29 is 5.11 Å². The molecule has 0 radical (unpaired) electrons. The predicted octanol–water partition coefficient (Wildman–Crippen LogP) is 3.01. The van der Waals surface area contributed by atoms with Gasteiger partial charge in [-0.05, 0) is 25.7 Å². The Balaban J connectivity index is 0. The Morgan fingerprint density at radius 1 is 1.09 bits per heavy atom. The molecule has 11 heavy (non-hydrogen) atoms. The Morgan fingerprint density at radius 2 is 1.45 bits per heavy atom. The van der Waals surface area contributed by atoms with Crippen LogP contribution in [0.15, 0.2) is 0 Å². The SMILES string of the molecule is CCCC(CCC)C(C)O.Cl. The summed E-state index contributed by atoms with van der Waals surface area (Å²) < 4.78 is 0. The fourth-order valence-corrected chi connectivity index (χ4v) is 1.37. The second-order valence-electron chi connectivity index (χ2n) is 3.08. The molecule has 1 nitrogen and oxygen atoms in total. The summed E-state index contributed by atoms with van der Waals surface area (Å²) in [5.74, 6) is 0.537. The average molecular weight is 181 g/mol. The lowest BCUT2D eigenvalue weighted by atomic mass is 9.93. The zero-order chi connectivity index (χ0) is 7.98. The highest BCUT2D eigenvalue weighted by molar-refractivity contribution is 5.85. The Bertz CT molecular complexity index is 68.0. The van der Waals surface area contributed by atoms with Gasteiger partial charge in [0, 0.05) is 0 Å². The van der Waals surface area contributed by atoms with Gasteiger partial charge in [0.15, 0.2) is 0 Å². The highest BCUT2D eigenvalue weighted by Gasteiger charge is 2.11. The maximum atomic E-state index is 9.27. The lowest BCUT2D eigenvalue weighted by Crippen LogP contribution is -2.15. The van der Waals surface area contributed by atoms with Crippen LogP contribution in [0.2, 0.25) is 0 Å². The molecule has 0 rings (SSSR count). The van der Waals surface area contributed by atoms with Crippen LogP contribution in [0.4, 0.5) is 0 Å². The predicted molar refractivity (Wildman–Crippen MR) is 52.2 cm³/mol. The molecule has 0 heterocycles. The van der Waals surface area contributed by atoms with Crippen molar-refractivity contribution >= 4 is 12.4 Å². The summed E-state index contributed by atoms with van der Waals surface area (Å²) in [6.45, 7) is 6.24. The van der Waals surface area contributed by atoms with Gasteiger partial charge < -0.3 is 5.11 Å². The minimum Gasteiger partial charge on any atom is -0.393 e. The zero-order valence-electron chi connectivity index (χ0n) is 7.84. The summed E-state index contributed by atoms with van der Waals surface area (Å²) in [6.07, 6.45) is 4.61. The van der Waals surface area contributed by atoms with Crippen LogP contribution in [0.5, 0.6) is 0 Å². The summed E-state index contributed by atoms with van der Waals surface area (Å²) in [6, 6.07) is 0. The molecular formula is C9H21ClO. The monoisotopic (exact) mass is 180 g/mol. The van der Waals surface area contributed by atoms with Gasteiger partial charge in [-0.3, -0.25) is 0 Å². The molecule has 1 unspecified atom stereocenters. The van der Waals surface area contributed by atoms with Gasteiger partial charge in [0.25, 0.3) is 0 Å². The molecule has 70 valence electrons. The van der Waals surface area contributed by atoms with E-state index in [1.165, 1.54) is 25.7 Å². The van der Waals surface area contributed by atoms with Crippen molar-refractivity contribution in [2.75, 3.05) is 0 Å². The van der Waals surface area contributed by atoms with Gasteiger partial charge >= 0.3 is 0 Å².